The molecule has 7 nitrogen and oxygen atoms in total. The standard InChI is InChI=1S/C20H19ClN4O3/c1-13-7-8-14(11-15(13)21)22-18-9-10-19(25-24-18)23-20(26)12-28-17-6-4-3-5-16(17)27-2/h3-11H,12H2,1-2H3,(H,22,24)(H,23,25,26). The topological polar surface area (TPSA) is 85.4 Å². The van der Waals surface area contributed by atoms with Crippen molar-refractivity contribution in [2.75, 3.05) is 24.4 Å². The summed E-state index contributed by atoms with van der Waals surface area (Å²) in [5.74, 6) is 1.54. The summed E-state index contributed by atoms with van der Waals surface area (Å²) < 4.78 is 10.7. The van der Waals surface area contributed by atoms with Crippen LogP contribution in [0, 0.1) is 6.92 Å². The van der Waals surface area contributed by atoms with Gasteiger partial charge in [-0.1, -0.05) is 29.8 Å². The van der Waals surface area contributed by atoms with E-state index in [4.69, 9.17) is 21.1 Å². The molecule has 3 rings (SSSR count). The van der Waals surface area contributed by atoms with Gasteiger partial charge >= 0.3 is 0 Å². The van der Waals surface area contributed by atoms with Crippen LogP contribution in [0.25, 0.3) is 0 Å². The molecular formula is C20H19ClN4O3. The third-order valence-corrected chi connectivity index (χ3v) is 4.21. The van der Waals surface area contributed by atoms with Crippen LogP contribution in [0.1, 0.15) is 5.56 Å². The molecular weight excluding hydrogens is 380 g/mol. The second-order valence-electron chi connectivity index (χ2n) is 5.88. The highest BCUT2D eigenvalue weighted by Gasteiger charge is 2.08. The van der Waals surface area contributed by atoms with Gasteiger partial charge in [0, 0.05) is 10.7 Å². The maximum atomic E-state index is 12.1. The van der Waals surface area contributed by atoms with Crippen molar-refractivity contribution < 1.29 is 14.3 Å². The minimum absolute atomic E-state index is 0.177. The van der Waals surface area contributed by atoms with Gasteiger partial charge in [0.2, 0.25) is 0 Å². The Morgan fingerprint density at radius 2 is 1.75 bits per heavy atom. The number of para-hydroxylation sites is 2. The number of carbonyl (C=O) groups excluding carboxylic acids is 1. The van der Waals surface area contributed by atoms with Gasteiger partial charge in [-0.05, 0) is 48.9 Å². The SMILES string of the molecule is COc1ccccc1OCC(=O)Nc1ccc(Nc2ccc(C)c(Cl)c2)nn1. The zero-order valence-corrected chi connectivity index (χ0v) is 16.2. The summed E-state index contributed by atoms with van der Waals surface area (Å²) in [6.07, 6.45) is 0. The van der Waals surface area contributed by atoms with E-state index in [1.54, 1.807) is 30.3 Å². The highest BCUT2D eigenvalue weighted by Crippen LogP contribution is 2.25. The number of benzene rings is 2. The Hall–Kier alpha value is -3.32. The van der Waals surface area contributed by atoms with E-state index in [2.05, 4.69) is 20.8 Å². The van der Waals surface area contributed by atoms with Crippen LogP contribution < -0.4 is 20.1 Å². The molecule has 2 aromatic carbocycles. The van der Waals surface area contributed by atoms with E-state index in [9.17, 15) is 4.79 Å². The molecule has 0 aliphatic heterocycles. The monoisotopic (exact) mass is 398 g/mol. The average molecular weight is 399 g/mol. The van der Waals surface area contributed by atoms with Crippen molar-refractivity contribution in [3.8, 4) is 11.5 Å². The first-order chi connectivity index (χ1) is 13.5. The second kappa shape index (κ2) is 9.05. The molecule has 0 unspecified atom stereocenters. The molecule has 0 spiro atoms. The Morgan fingerprint density at radius 1 is 1.04 bits per heavy atom. The van der Waals surface area contributed by atoms with Gasteiger partial charge in [0.05, 0.1) is 7.11 Å². The smallest absolute Gasteiger partial charge is 0.263 e. The number of ether oxygens (including phenoxy) is 2. The van der Waals surface area contributed by atoms with Crippen molar-refractivity contribution in [2.45, 2.75) is 6.92 Å². The summed E-state index contributed by atoms with van der Waals surface area (Å²) in [6, 6.07) is 16.1. The summed E-state index contributed by atoms with van der Waals surface area (Å²) in [4.78, 5) is 12.1. The maximum Gasteiger partial charge on any atom is 0.263 e. The van der Waals surface area contributed by atoms with Gasteiger partial charge in [-0.15, -0.1) is 10.2 Å². The maximum absolute atomic E-state index is 12.1. The Kier molecular flexibility index (Phi) is 6.29. The number of aryl methyl sites for hydroxylation is 1. The highest BCUT2D eigenvalue weighted by molar-refractivity contribution is 6.31. The van der Waals surface area contributed by atoms with Gasteiger partial charge in [0.25, 0.3) is 5.91 Å². The summed E-state index contributed by atoms with van der Waals surface area (Å²) in [6.45, 7) is 1.75. The van der Waals surface area contributed by atoms with E-state index in [-0.39, 0.29) is 12.5 Å². The number of methoxy groups -OCH3 is 1. The van der Waals surface area contributed by atoms with Crippen LogP contribution in [0.4, 0.5) is 17.3 Å². The zero-order chi connectivity index (χ0) is 19.9. The molecule has 0 aliphatic carbocycles. The molecule has 1 amide bonds. The Morgan fingerprint density at radius 3 is 2.43 bits per heavy atom. The van der Waals surface area contributed by atoms with Crippen LogP contribution in [0.3, 0.4) is 0 Å². The third-order valence-electron chi connectivity index (χ3n) is 3.80. The molecule has 28 heavy (non-hydrogen) atoms. The number of hydrogen-bond donors (Lipinski definition) is 2. The third kappa shape index (κ3) is 5.11. The fourth-order valence-electron chi connectivity index (χ4n) is 2.34. The summed E-state index contributed by atoms with van der Waals surface area (Å²) in [7, 11) is 1.54. The van der Waals surface area contributed by atoms with Gasteiger partial charge in [0.1, 0.15) is 0 Å². The van der Waals surface area contributed by atoms with Crippen molar-refractivity contribution >= 4 is 34.8 Å². The molecule has 144 valence electrons. The minimum Gasteiger partial charge on any atom is -0.493 e. The highest BCUT2D eigenvalue weighted by atomic mass is 35.5. The van der Waals surface area contributed by atoms with E-state index < -0.39 is 0 Å². The van der Waals surface area contributed by atoms with Crippen molar-refractivity contribution in [2.24, 2.45) is 0 Å². The first kappa shape index (κ1) is 19.4. The van der Waals surface area contributed by atoms with Crippen LogP contribution in [-0.2, 0) is 4.79 Å². The van der Waals surface area contributed by atoms with Crippen LogP contribution in [0.5, 0.6) is 11.5 Å². The first-order valence-corrected chi connectivity index (χ1v) is 8.85. The van der Waals surface area contributed by atoms with Crippen molar-refractivity contribution in [1.29, 1.82) is 0 Å². The Bertz CT molecular complexity index is 964. The molecule has 1 aromatic heterocycles. The number of rotatable bonds is 7. The normalized spacial score (nSPS) is 10.2. The van der Waals surface area contributed by atoms with Crippen LogP contribution >= 0.6 is 11.6 Å². The molecule has 0 fully saturated rings. The quantitative estimate of drug-likeness (QED) is 0.620. The molecule has 8 heteroatoms. The largest absolute Gasteiger partial charge is 0.493 e. The molecule has 0 radical (unpaired) electrons. The molecule has 0 saturated carbocycles. The summed E-state index contributed by atoms with van der Waals surface area (Å²) in [5.41, 5.74) is 1.79. The van der Waals surface area contributed by atoms with Gasteiger partial charge in [-0.3, -0.25) is 4.79 Å². The van der Waals surface area contributed by atoms with Gasteiger partial charge in [0.15, 0.2) is 29.7 Å². The van der Waals surface area contributed by atoms with Gasteiger partial charge in [-0.25, -0.2) is 0 Å². The molecule has 2 N–H and O–H groups in total. The predicted molar refractivity (Wildman–Crippen MR) is 109 cm³/mol. The molecule has 0 bridgehead atoms. The average Bonchev–Trinajstić information content (AvgIpc) is 2.71. The lowest BCUT2D eigenvalue weighted by Gasteiger charge is -2.10. The molecule has 0 saturated heterocycles. The van der Waals surface area contributed by atoms with Crippen LogP contribution in [0.15, 0.2) is 54.6 Å². The number of nitrogens with one attached hydrogen (secondary N) is 2. The molecule has 1 heterocycles. The second-order valence-corrected chi connectivity index (χ2v) is 6.29. The Labute approximate surface area is 167 Å². The van der Waals surface area contributed by atoms with E-state index in [1.807, 2.05) is 31.2 Å². The van der Waals surface area contributed by atoms with E-state index in [0.29, 0.717) is 28.2 Å². The fraction of sp³-hybridized carbons (Fsp3) is 0.150. The van der Waals surface area contributed by atoms with Crippen molar-refractivity contribution in [3.05, 3.63) is 65.2 Å². The lowest BCUT2D eigenvalue weighted by molar-refractivity contribution is -0.118. The number of halogens is 1. The van der Waals surface area contributed by atoms with Gasteiger partial charge in [-0.2, -0.15) is 0 Å². The van der Waals surface area contributed by atoms with E-state index in [0.717, 1.165) is 11.3 Å². The number of amides is 1. The number of hydrogen-bond acceptors (Lipinski definition) is 6. The molecule has 3 aromatic rings. The van der Waals surface area contributed by atoms with Crippen LogP contribution in [-0.4, -0.2) is 29.8 Å². The molecule has 0 atom stereocenters. The predicted octanol–water partition coefficient (Wildman–Crippen LogP) is 4.21. The number of carbonyl (C=O) groups is 1. The number of aromatic nitrogens is 2. The zero-order valence-electron chi connectivity index (χ0n) is 15.4. The lowest BCUT2D eigenvalue weighted by Crippen LogP contribution is -2.21. The van der Waals surface area contributed by atoms with Crippen molar-refractivity contribution in [1.82, 2.24) is 10.2 Å². The molecule has 0 aliphatic rings. The summed E-state index contributed by atoms with van der Waals surface area (Å²) in [5, 5.41) is 14.4. The lowest BCUT2D eigenvalue weighted by atomic mass is 10.2. The number of nitrogens with zero attached hydrogens (tertiary/aromatic N) is 2. The van der Waals surface area contributed by atoms with Crippen LogP contribution in [0.2, 0.25) is 5.02 Å². The van der Waals surface area contributed by atoms with Gasteiger partial charge < -0.3 is 20.1 Å². The first-order valence-electron chi connectivity index (χ1n) is 8.48. The van der Waals surface area contributed by atoms with E-state index in [1.165, 1.54) is 7.11 Å². The fourth-order valence-corrected chi connectivity index (χ4v) is 2.52. The minimum atomic E-state index is -0.355. The van der Waals surface area contributed by atoms with Crippen molar-refractivity contribution in [3.63, 3.8) is 0 Å². The Balaban J connectivity index is 1.54. The van der Waals surface area contributed by atoms with E-state index >= 15 is 0 Å². The summed E-state index contributed by atoms with van der Waals surface area (Å²) >= 11 is 6.11. The number of anilines is 3.